The Kier molecular flexibility index (Phi) is 8.06. The number of ether oxygens (including phenoxy) is 1. The normalized spacial score (nSPS) is 13.1. The molecule has 0 bridgehead atoms. The Morgan fingerprint density at radius 1 is 1.00 bits per heavy atom. The molecule has 2 amide bonds. The van der Waals surface area contributed by atoms with Crippen LogP contribution in [0.3, 0.4) is 0 Å². The number of carbonyl (C=O) groups excluding carboxylic acids is 2. The van der Waals surface area contributed by atoms with Crippen LogP contribution in [0.4, 0.5) is 4.79 Å². The van der Waals surface area contributed by atoms with Crippen molar-refractivity contribution in [3.8, 4) is 11.1 Å². The van der Waals surface area contributed by atoms with Gasteiger partial charge in [0.25, 0.3) is 0 Å². The fourth-order valence-electron chi connectivity index (χ4n) is 3.79. The van der Waals surface area contributed by atoms with Crippen molar-refractivity contribution in [2.45, 2.75) is 31.2 Å². The van der Waals surface area contributed by atoms with Gasteiger partial charge in [0.1, 0.15) is 12.6 Å². The molecule has 1 aliphatic rings. The first-order valence-corrected chi connectivity index (χ1v) is 11.3. The molecule has 0 aliphatic heterocycles. The molecule has 2 aromatic rings. The van der Waals surface area contributed by atoms with Crippen LogP contribution in [0.2, 0.25) is 0 Å². The summed E-state index contributed by atoms with van der Waals surface area (Å²) in [5.41, 5.74) is 4.44. The first kappa shape index (κ1) is 22.8. The molecule has 0 aromatic heterocycles. The summed E-state index contributed by atoms with van der Waals surface area (Å²) in [6.07, 6.45) is 0.670. The number of alkyl halides is 1. The third-order valence-corrected chi connectivity index (χ3v) is 5.81. The minimum absolute atomic E-state index is 0.0838. The quantitative estimate of drug-likeness (QED) is 0.349. The first-order valence-electron chi connectivity index (χ1n) is 10.2. The minimum atomic E-state index is -1.11. The zero-order valence-corrected chi connectivity index (χ0v) is 18.6. The van der Waals surface area contributed by atoms with Crippen LogP contribution < -0.4 is 10.6 Å². The lowest BCUT2D eigenvalue weighted by atomic mass is 9.98. The highest BCUT2D eigenvalue weighted by Gasteiger charge is 2.29. The van der Waals surface area contributed by atoms with Crippen molar-refractivity contribution >= 4 is 33.9 Å². The molecule has 0 fully saturated rings. The molecule has 0 saturated heterocycles. The lowest BCUT2D eigenvalue weighted by Gasteiger charge is -2.17. The highest BCUT2D eigenvalue weighted by atomic mass is 79.9. The van der Waals surface area contributed by atoms with Gasteiger partial charge in [0.15, 0.2) is 0 Å². The zero-order valence-electron chi connectivity index (χ0n) is 17.0. The Hall–Kier alpha value is -2.87. The van der Waals surface area contributed by atoms with Crippen molar-refractivity contribution in [3.05, 3.63) is 59.7 Å². The number of halogens is 1. The lowest BCUT2D eigenvalue weighted by Crippen LogP contribution is -2.41. The van der Waals surface area contributed by atoms with Crippen LogP contribution in [-0.4, -0.2) is 47.6 Å². The molecular formula is C23H25BrN2O5. The standard InChI is InChI=1S/C23H25BrN2O5/c24-13-21(27)25-12-6-5-11-20(22(28)29)26-23(30)31-14-19-17-9-3-1-7-15(17)16-8-2-4-10-18(16)19/h1-4,7-10,19-20H,5-6,11-14H2,(H,25,27)(H,26,30)(H,28,29)/t20-/m0/s1. The highest BCUT2D eigenvalue weighted by molar-refractivity contribution is 9.09. The topological polar surface area (TPSA) is 105 Å². The summed E-state index contributed by atoms with van der Waals surface area (Å²) in [5, 5.41) is 14.8. The Bertz CT molecular complexity index is 904. The van der Waals surface area contributed by atoms with Crippen LogP contribution in [0.5, 0.6) is 0 Å². The molecule has 0 spiro atoms. The first-order chi connectivity index (χ1) is 15.0. The number of rotatable bonds is 10. The summed E-state index contributed by atoms with van der Waals surface area (Å²) in [7, 11) is 0. The minimum Gasteiger partial charge on any atom is -0.480 e. The van der Waals surface area contributed by atoms with Crippen LogP contribution in [0.1, 0.15) is 36.3 Å². The van der Waals surface area contributed by atoms with Gasteiger partial charge in [-0.05, 0) is 41.5 Å². The van der Waals surface area contributed by atoms with Gasteiger partial charge in [-0.1, -0.05) is 64.5 Å². The number of amides is 2. The van der Waals surface area contributed by atoms with Crippen LogP contribution in [0.15, 0.2) is 48.5 Å². The van der Waals surface area contributed by atoms with Crippen molar-refractivity contribution < 1.29 is 24.2 Å². The summed E-state index contributed by atoms with van der Waals surface area (Å²) in [6, 6.07) is 15.0. The average molecular weight is 489 g/mol. The average Bonchev–Trinajstić information content (AvgIpc) is 3.10. The van der Waals surface area contributed by atoms with E-state index in [1.54, 1.807) is 0 Å². The van der Waals surface area contributed by atoms with Crippen molar-refractivity contribution in [1.29, 1.82) is 0 Å². The largest absolute Gasteiger partial charge is 0.480 e. The van der Waals surface area contributed by atoms with Crippen LogP contribution in [0.25, 0.3) is 11.1 Å². The second kappa shape index (κ2) is 10.9. The van der Waals surface area contributed by atoms with Gasteiger partial charge in [0, 0.05) is 12.5 Å². The lowest BCUT2D eigenvalue weighted by molar-refractivity contribution is -0.139. The molecule has 3 N–H and O–H groups in total. The number of aliphatic carboxylic acids is 1. The molecule has 1 atom stereocenters. The van der Waals surface area contributed by atoms with E-state index in [9.17, 15) is 19.5 Å². The molecule has 0 heterocycles. The second-order valence-electron chi connectivity index (χ2n) is 7.34. The highest BCUT2D eigenvalue weighted by Crippen LogP contribution is 2.44. The molecule has 0 saturated carbocycles. The van der Waals surface area contributed by atoms with Crippen LogP contribution in [0, 0.1) is 0 Å². The number of hydrogen-bond acceptors (Lipinski definition) is 4. The van der Waals surface area contributed by atoms with Gasteiger partial charge in [-0.2, -0.15) is 0 Å². The van der Waals surface area contributed by atoms with E-state index < -0.39 is 18.1 Å². The zero-order chi connectivity index (χ0) is 22.2. The van der Waals surface area contributed by atoms with E-state index in [-0.39, 0.29) is 30.2 Å². The second-order valence-corrected chi connectivity index (χ2v) is 7.90. The number of carboxylic acids is 1. The van der Waals surface area contributed by atoms with E-state index in [0.29, 0.717) is 19.4 Å². The number of fused-ring (bicyclic) bond motifs is 3. The van der Waals surface area contributed by atoms with Crippen LogP contribution >= 0.6 is 15.9 Å². The summed E-state index contributed by atoms with van der Waals surface area (Å²) in [4.78, 5) is 35.0. The maximum absolute atomic E-state index is 12.3. The van der Waals surface area contributed by atoms with Crippen molar-refractivity contribution in [2.24, 2.45) is 0 Å². The maximum Gasteiger partial charge on any atom is 0.407 e. The summed E-state index contributed by atoms with van der Waals surface area (Å²) in [5.74, 6) is -1.32. The van der Waals surface area contributed by atoms with E-state index in [1.807, 2.05) is 36.4 Å². The monoisotopic (exact) mass is 488 g/mol. The summed E-state index contributed by atoms with van der Waals surface area (Å²) < 4.78 is 5.42. The Balaban J connectivity index is 1.52. The van der Waals surface area contributed by atoms with Crippen molar-refractivity contribution in [3.63, 3.8) is 0 Å². The van der Waals surface area contributed by atoms with Gasteiger partial charge >= 0.3 is 12.1 Å². The van der Waals surface area contributed by atoms with Gasteiger partial charge in [-0.25, -0.2) is 9.59 Å². The number of benzene rings is 2. The van der Waals surface area contributed by atoms with Crippen molar-refractivity contribution in [2.75, 3.05) is 18.5 Å². The van der Waals surface area contributed by atoms with Gasteiger partial charge in [0.05, 0.1) is 5.33 Å². The number of alkyl carbamates (subject to hydrolysis) is 1. The fraction of sp³-hybridized carbons (Fsp3) is 0.348. The third-order valence-electron chi connectivity index (χ3n) is 5.30. The molecule has 3 rings (SSSR count). The fourth-order valence-corrected chi connectivity index (χ4v) is 3.99. The predicted octanol–water partition coefficient (Wildman–Crippen LogP) is 3.66. The predicted molar refractivity (Wildman–Crippen MR) is 120 cm³/mol. The summed E-state index contributed by atoms with van der Waals surface area (Å²) in [6.45, 7) is 0.590. The summed E-state index contributed by atoms with van der Waals surface area (Å²) >= 11 is 3.06. The maximum atomic E-state index is 12.3. The number of hydrogen-bond donors (Lipinski definition) is 3. The molecule has 7 nitrogen and oxygen atoms in total. The van der Waals surface area contributed by atoms with Gasteiger partial charge in [-0.3, -0.25) is 4.79 Å². The Morgan fingerprint density at radius 3 is 2.19 bits per heavy atom. The van der Waals surface area contributed by atoms with E-state index in [2.05, 4.69) is 38.7 Å². The van der Waals surface area contributed by atoms with E-state index >= 15 is 0 Å². The molecular weight excluding hydrogens is 464 g/mol. The smallest absolute Gasteiger partial charge is 0.407 e. The van der Waals surface area contributed by atoms with Crippen molar-refractivity contribution in [1.82, 2.24) is 10.6 Å². The number of nitrogens with one attached hydrogen (secondary N) is 2. The van der Waals surface area contributed by atoms with Gasteiger partial charge < -0.3 is 20.5 Å². The Morgan fingerprint density at radius 2 is 1.61 bits per heavy atom. The molecule has 2 aromatic carbocycles. The number of carboxylic acid groups (broad SMARTS) is 1. The van der Waals surface area contributed by atoms with E-state index in [4.69, 9.17) is 4.74 Å². The molecule has 8 heteroatoms. The number of carbonyl (C=O) groups is 3. The molecule has 0 unspecified atom stereocenters. The molecule has 31 heavy (non-hydrogen) atoms. The molecule has 0 radical (unpaired) electrons. The SMILES string of the molecule is O=C(CBr)NCCCC[C@H](NC(=O)OCC1c2ccccc2-c2ccccc21)C(=O)O. The van der Waals surface area contributed by atoms with Gasteiger partial charge in [-0.15, -0.1) is 0 Å². The van der Waals surface area contributed by atoms with Gasteiger partial charge in [0.2, 0.25) is 5.91 Å². The Labute approximate surface area is 189 Å². The number of unbranched alkanes of at least 4 members (excludes halogenated alkanes) is 1. The van der Waals surface area contributed by atoms with Crippen LogP contribution in [-0.2, 0) is 14.3 Å². The van der Waals surface area contributed by atoms with E-state index in [1.165, 1.54) is 0 Å². The molecule has 1 aliphatic carbocycles. The third kappa shape index (κ3) is 5.85. The van der Waals surface area contributed by atoms with E-state index in [0.717, 1.165) is 22.3 Å². The molecule has 164 valence electrons.